The maximum Gasteiger partial charge on any atom is 0.186 e. The van der Waals surface area contributed by atoms with Crippen LogP contribution in [0.3, 0.4) is 0 Å². The summed E-state index contributed by atoms with van der Waals surface area (Å²) in [5.41, 5.74) is 0. The third-order valence-corrected chi connectivity index (χ3v) is 2.18. The number of methoxy groups -OCH3 is 2. The smallest absolute Gasteiger partial charge is 0.186 e. The van der Waals surface area contributed by atoms with E-state index in [1.807, 2.05) is 0 Å². The Morgan fingerprint density at radius 3 is 2.57 bits per heavy atom. The first kappa shape index (κ1) is 9.02. The summed E-state index contributed by atoms with van der Waals surface area (Å²) in [7, 11) is -0.844. The summed E-state index contributed by atoms with van der Waals surface area (Å²) < 4.78 is 28.6. The largest absolute Gasteiger partial charge is 0.394 e. The zero-order chi connectivity index (χ0) is 12.1. The Morgan fingerprint density at radius 2 is 2.00 bits per heavy atom. The van der Waals surface area contributed by atoms with E-state index in [4.69, 9.17) is 22.1 Å². The Hall–Kier alpha value is -0.240. The van der Waals surface area contributed by atoms with Crippen LogP contribution in [0.15, 0.2) is 0 Å². The van der Waals surface area contributed by atoms with Crippen molar-refractivity contribution in [2.45, 2.75) is 30.7 Å². The molecule has 0 aromatic rings. The van der Waals surface area contributed by atoms with Gasteiger partial charge in [-0.2, -0.15) is 0 Å². The highest BCUT2D eigenvalue weighted by Gasteiger charge is 2.44. The number of hydrogen-bond acceptors (Lipinski definition) is 6. The van der Waals surface area contributed by atoms with E-state index < -0.39 is 51.5 Å². The molecule has 1 rings (SSSR count). The van der Waals surface area contributed by atoms with Gasteiger partial charge in [0.25, 0.3) is 0 Å². The molecule has 1 unspecified atom stereocenters. The van der Waals surface area contributed by atoms with Crippen molar-refractivity contribution in [3.63, 3.8) is 0 Å². The molecule has 1 aliphatic heterocycles. The van der Waals surface area contributed by atoms with Gasteiger partial charge in [0, 0.05) is 14.2 Å². The van der Waals surface area contributed by atoms with Crippen LogP contribution in [-0.2, 0) is 14.2 Å². The summed E-state index contributed by atoms with van der Waals surface area (Å²) in [6, 6.07) is 0. The first-order chi connectivity index (χ1) is 7.65. The molecule has 1 aliphatic rings. The predicted octanol–water partition coefficient (Wildman–Crippen LogP) is -1.91. The van der Waals surface area contributed by atoms with E-state index in [-0.39, 0.29) is 0 Å². The summed E-state index contributed by atoms with van der Waals surface area (Å²) in [4.78, 5) is 0. The van der Waals surface area contributed by atoms with Gasteiger partial charge in [0.15, 0.2) is 6.29 Å². The van der Waals surface area contributed by atoms with Crippen molar-refractivity contribution in [2.24, 2.45) is 0 Å². The van der Waals surface area contributed by atoms with E-state index in [1.54, 1.807) is 0 Å². The van der Waals surface area contributed by atoms with E-state index in [2.05, 4.69) is 0 Å². The SMILES string of the molecule is [2H]COC1O[C@H](CO)[C@@H](O)[C@H](O)[C@@H]1OC[2H]. The number of ether oxygens (including phenoxy) is 3. The fourth-order valence-electron chi connectivity index (χ4n) is 1.37. The summed E-state index contributed by atoms with van der Waals surface area (Å²) in [5, 5.41) is 28.1. The number of aliphatic hydroxyl groups excluding tert-OH is 3. The van der Waals surface area contributed by atoms with Crippen molar-refractivity contribution < 1.29 is 32.3 Å². The van der Waals surface area contributed by atoms with Crippen LogP contribution in [0, 0.1) is 0 Å². The lowest BCUT2D eigenvalue weighted by molar-refractivity contribution is -0.299. The van der Waals surface area contributed by atoms with Crippen LogP contribution < -0.4 is 0 Å². The first-order valence-electron chi connectivity index (χ1n) is 5.51. The molecule has 0 bridgehead atoms. The standard InChI is InChI=1S/C8H16O6/c1-12-7-6(11)5(10)4(3-9)14-8(7)13-2/h4-11H,3H2,1-2H3/t4-,5-,6+,7+,8?/m1/s1/i1D,2D. The lowest BCUT2D eigenvalue weighted by Crippen LogP contribution is -2.59. The van der Waals surface area contributed by atoms with Crippen LogP contribution in [-0.4, -0.2) is 66.8 Å². The zero-order valence-electron chi connectivity index (χ0n) is 9.57. The van der Waals surface area contributed by atoms with Crippen LogP contribution in [0.5, 0.6) is 0 Å². The van der Waals surface area contributed by atoms with Crippen molar-refractivity contribution in [3.8, 4) is 0 Å². The molecule has 1 fully saturated rings. The molecule has 84 valence electrons. The van der Waals surface area contributed by atoms with Crippen LogP contribution in [0.4, 0.5) is 0 Å². The van der Waals surface area contributed by atoms with E-state index in [9.17, 15) is 10.2 Å². The zero-order valence-corrected chi connectivity index (χ0v) is 7.57. The molecule has 0 saturated carbocycles. The van der Waals surface area contributed by atoms with Crippen LogP contribution in [0.25, 0.3) is 0 Å². The summed E-state index contributed by atoms with van der Waals surface area (Å²) in [6.07, 6.45) is -5.74. The number of hydrogen-bond donors (Lipinski definition) is 3. The van der Waals surface area contributed by atoms with Gasteiger partial charge < -0.3 is 29.5 Å². The Balaban J connectivity index is 2.71. The van der Waals surface area contributed by atoms with Gasteiger partial charge in [-0.05, 0) is 0 Å². The molecule has 5 atom stereocenters. The molecule has 0 amide bonds. The first-order valence-corrected chi connectivity index (χ1v) is 4.09. The van der Waals surface area contributed by atoms with Gasteiger partial charge in [0.2, 0.25) is 0 Å². The van der Waals surface area contributed by atoms with Gasteiger partial charge >= 0.3 is 0 Å². The topological polar surface area (TPSA) is 88.4 Å². The van der Waals surface area contributed by atoms with Gasteiger partial charge in [-0.1, -0.05) is 0 Å². The van der Waals surface area contributed by atoms with Gasteiger partial charge in [0.05, 0.1) is 9.35 Å². The fraction of sp³-hybridized carbons (Fsp3) is 1.00. The van der Waals surface area contributed by atoms with Crippen molar-refractivity contribution in [2.75, 3.05) is 20.8 Å². The summed E-state index contributed by atoms with van der Waals surface area (Å²) in [5.74, 6) is 0. The van der Waals surface area contributed by atoms with Crippen LogP contribution >= 0.6 is 0 Å². The van der Waals surface area contributed by atoms with Gasteiger partial charge in [-0.25, -0.2) is 0 Å². The molecule has 6 nitrogen and oxygen atoms in total. The lowest BCUT2D eigenvalue weighted by atomic mass is 9.99. The quantitative estimate of drug-likeness (QED) is 0.503. The normalized spacial score (nSPS) is 45.8. The minimum Gasteiger partial charge on any atom is -0.394 e. The molecule has 0 spiro atoms. The molecule has 3 N–H and O–H groups in total. The molecule has 0 aliphatic carbocycles. The molecule has 0 radical (unpaired) electrons. The minimum absolute atomic E-state index is 0.413. The second-order valence-corrected chi connectivity index (χ2v) is 3.00. The summed E-state index contributed by atoms with van der Waals surface area (Å²) >= 11 is 0. The highest BCUT2D eigenvalue weighted by Crippen LogP contribution is 2.23. The predicted molar refractivity (Wildman–Crippen MR) is 45.6 cm³/mol. The Morgan fingerprint density at radius 1 is 1.29 bits per heavy atom. The molecule has 6 heteroatoms. The maximum absolute atomic E-state index is 9.68. The molecule has 1 saturated heterocycles. The highest BCUT2D eigenvalue weighted by molar-refractivity contribution is 4.89. The molecular weight excluding hydrogens is 192 g/mol. The monoisotopic (exact) mass is 210 g/mol. The van der Waals surface area contributed by atoms with Crippen LogP contribution in [0.1, 0.15) is 2.74 Å². The van der Waals surface area contributed by atoms with Crippen molar-refractivity contribution in [1.29, 1.82) is 0 Å². The number of aliphatic hydroxyl groups is 3. The second-order valence-electron chi connectivity index (χ2n) is 3.00. The number of rotatable bonds is 3. The van der Waals surface area contributed by atoms with Gasteiger partial charge in [-0.15, -0.1) is 0 Å². The lowest BCUT2D eigenvalue weighted by Gasteiger charge is -2.40. The highest BCUT2D eigenvalue weighted by atomic mass is 16.7. The van der Waals surface area contributed by atoms with Crippen molar-refractivity contribution in [1.82, 2.24) is 0 Å². The molecule has 1 heterocycles. The fourth-order valence-corrected chi connectivity index (χ4v) is 1.37. The Labute approximate surface area is 84.8 Å². The average Bonchev–Trinajstić information content (AvgIpc) is 2.28. The molecule has 0 aromatic heterocycles. The minimum atomic E-state index is -1.33. The van der Waals surface area contributed by atoms with Crippen molar-refractivity contribution in [3.05, 3.63) is 0 Å². The molecule has 14 heavy (non-hydrogen) atoms. The van der Waals surface area contributed by atoms with E-state index in [0.717, 1.165) is 0 Å². The summed E-state index contributed by atoms with van der Waals surface area (Å²) in [6.45, 7) is -0.482. The molecule has 0 aromatic carbocycles. The van der Waals surface area contributed by atoms with Crippen molar-refractivity contribution >= 4 is 0 Å². The second kappa shape index (κ2) is 5.01. The maximum atomic E-state index is 9.68. The Bertz CT molecular complexity index is 207. The third kappa shape index (κ3) is 2.05. The van der Waals surface area contributed by atoms with E-state index in [0.29, 0.717) is 0 Å². The van der Waals surface area contributed by atoms with Gasteiger partial charge in [-0.3, -0.25) is 0 Å². The molecular formula is C8H16O6. The van der Waals surface area contributed by atoms with E-state index >= 15 is 0 Å². The van der Waals surface area contributed by atoms with E-state index in [1.165, 1.54) is 0 Å². The average molecular weight is 210 g/mol. The van der Waals surface area contributed by atoms with Gasteiger partial charge in [0.1, 0.15) is 24.4 Å². The third-order valence-electron chi connectivity index (χ3n) is 2.18. The Kier molecular flexibility index (Phi) is 3.23. The van der Waals surface area contributed by atoms with Crippen LogP contribution in [0.2, 0.25) is 0 Å².